The first-order chi connectivity index (χ1) is 8.50. The Morgan fingerprint density at radius 3 is 2.39 bits per heavy atom. The number of nitrogens with zero attached hydrogens (tertiary/aromatic N) is 3. The molecule has 2 rings (SSSR count). The molecule has 0 fully saturated rings. The van der Waals surface area contributed by atoms with Crippen molar-refractivity contribution in [2.45, 2.75) is 17.2 Å². The Morgan fingerprint density at radius 1 is 1.22 bits per heavy atom. The van der Waals surface area contributed by atoms with Gasteiger partial charge < -0.3 is 0 Å². The zero-order chi connectivity index (χ0) is 13.2. The molecule has 0 bridgehead atoms. The summed E-state index contributed by atoms with van der Waals surface area (Å²) in [5.41, 5.74) is 0.744. The molecule has 0 unspecified atom stereocenters. The van der Waals surface area contributed by atoms with Crippen LogP contribution >= 0.6 is 0 Å². The fraction of sp³-hybridized carbons (Fsp3) is 0.200. The number of aromatic nitrogens is 3. The second-order valence-electron chi connectivity index (χ2n) is 3.54. The lowest BCUT2D eigenvalue weighted by Crippen LogP contribution is -2.11. The molecule has 1 heterocycles. The van der Waals surface area contributed by atoms with E-state index in [1.165, 1.54) is 29.5 Å². The molecule has 96 valence electrons. The van der Waals surface area contributed by atoms with Crippen LogP contribution in [0.4, 0.5) is 8.78 Å². The van der Waals surface area contributed by atoms with E-state index in [9.17, 15) is 17.2 Å². The van der Waals surface area contributed by atoms with Gasteiger partial charge in [-0.3, -0.25) is 0 Å². The van der Waals surface area contributed by atoms with Crippen molar-refractivity contribution in [2.24, 2.45) is 0 Å². The summed E-state index contributed by atoms with van der Waals surface area (Å²) in [6.07, 6.45) is 2.87. The molecule has 8 heteroatoms. The molecule has 0 aliphatic rings. The van der Waals surface area contributed by atoms with Crippen molar-refractivity contribution in [2.75, 3.05) is 0 Å². The molecule has 0 amide bonds. The molecule has 0 spiro atoms. The van der Waals surface area contributed by atoms with E-state index in [0.29, 0.717) is 6.54 Å². The molecule has 2 aromatic rings. The van der Waals surface area contributed by atoms with Crippen molar-refractivity contribution in [3.63, 3.8) is 0 Å². The molecule has 0 saturated carbocycles. The summed E-state index contributed by atoms with van der Waals surface area (Å²) in [6.45, 7) is 0.398. The monoisotopic (exact) mass is 273 g/mol. The summed E-state index contributed by atoms with van der Waals surface area (Å²) in [5, 5.41) is 3.88. The third-order valence-electron chi connectivity index (χ3n) is 2.30. The van der Waals surface area contributed by atoms with Crippen LogP contribution in [-0.4, -0.2) is 28.9 Å². The zero-order valence-corrected chi connectivity index (χ0v) is 9.89. The van der Waals surface area contributed by atoms with Crippen LogP contribution in [0.5, 0.6) is 0 Å². The van der Waals surface area contributed by atoms with Crippen LogP contribution in [0.25, 0.3) is 0 Å². The fourth-order valence-corrected chi connectivity index (χ4v) is 2.11. The Labute approximate surface area is 102 Å². The Kier molecular flexibility index (Phi) is 3.37. The number of rotatable bonds is 4. The van der Waals surface area contributed by atoms with E-state index < -0.39 is 15.6 Å². The van der Waals surface area contributed by atoms with Crippen LogP contribution in [0, 0.1) is 0 Å². The first kappa shape index (κ1) is 12.6. The number of sulfone groups is 1. The second kappa shape index (κ2) is 4.81. The van der Waals surface area contributed by atoms with Crippen LogP contribution in [0.2, 0.25) is 0 Å². The number of hydrogen-bond acceptors (Lipinski definition) is 4. The van der Waals surface area contributed by atoms with Crippen LogP contribution in [0.15, 0.2) is 41.8 Å². The molecule has 0 radical (unpaired) electrons. The average molecular weight is 273 g/mol. The average Bonchev–Trinajstić information content (AvgIpc) is 2.82. The highest BCUT2D eigenvalue weighted by atomic mass is 32.2. The minimum atomic E-state index is -4.52. The standard InChI is InChI=1S/C10H9F2N3O2S/c11-10(12)18(16,17)9-3-1-8(2-4-9)5-15-7-13-6-14-15/h1-4,6-7,10H,5H2. The fourth-order valence-electron chi connectivity index (χ4n) is 1.39. The minimum absolute atomic E-state index is 0.389. The van der Waals surface area contributed by atoms with Gasteiger partial charge >= 0.3 is 5.76 Å². The predicted octanol–water partition coefficient (Wildman–Crippen LogP) is 1.32. The van der Waals surface area contributed by atoms with E-state index in [-0.39, 0.29) is 4.90 Å². The summed E-state index contributed by atoms with van der Waals surface area (Å²) >= 11 is 0. The van der Waals surface area contributed by atoms with Gasteiger partial charge in [-0.2, -0.15) is 13.9 Å². The maximum Gasteiger partial charge on any atom is 0.341 e. The molecular formula is C10H9F2N3O2S. The quantitative estimate of drug-likeness (QED) is 0.842. The van der Waals surface area contributed by atoms with Gasteiger partial charge in [-0.1, -0.05) is 12.1 Å². The first-order valence-electron chi connectivity index (χ1n) is 4.93. The molecule has 0 saturated heterocycles. The van der Waals surface area contributed by atoms with Gasteiger partial charge in [-0.25, -0.2) is 18.1 Å². The van der Waals surface area contributed by atoms with Crippen molar-refractivity contribution >= 4 is 9.84 Å². The molecule has 0 aliphatic heterocycles. The topological polar surface area (TPSA) is 64.8 Å². The Bertz CT molecular complexity index is 609. The first-order valence-corrected chi connectivity index (χ1v) is 6.48. The maximum absolute atomic E-state index is 12.3. The highest BCUT2D eigenvalue weighted by Gasteiger charge is 2.26. The van der Waals surface area contributed by atoms with Gasteiger partial charge in [0.25, 0.3) is 0 Å². The van der Waals surface area contributed by atoms with E-state index in [1.807, 2.05) is 0 Å². The molecule has 5 nitrogen and oxygen atoms in total. The largest absolute Gasteiger partial charge is 0.341 e. The van der Waals surface area contributed by atoms with E-state index in [2.05, 4.69) is 10.1 Å². The van der Waals surface area contributed by atoms with Gasteiger partial charge in [0, 0.05) is 0 Å². The number of benzene rings is 1. The Morgan fingerprint density at radius 2 is 1.89 bits per heavy atom. The van der Waals surface area contributed by atoms with Crippen LogP contribution < -0.4 is 0 Å². The second-order valence-corrected chi connectivity index (χ2v) is 5.46. The molecule has 0 atom stereocenters. The molecule has 1 aromatic carbocycles. The summed E-state index contributed by atoms with van der Waals surface area (Å²) in [6, 6.07) is 5.26. The van der Waals surface area contributed by atoms with Gasteiger partial charge in [0.1, 0.15) is 12.7 Å². The summed E-state index contributed by atoms with van der Waals surface area (Å²) < 4.78 is 48.5. The van der Waals surface area contributed by atoms with Crippen LogP contribution in [0.1, 0.15) is 5.56 Å². The number of hydrogen-bond donors (Lipinski definition) is 0. The zero-order valence-electron chi connectivity index (χ0n) is 9.07. The van der Waals surface area contributed by atoms with Gasteiger partial charge in [-0.05, 0) is 17.7 Å². The third-order valence-corrected chi connectivity index (χ3v) is 3.70. The third kappa shape index (κ3) is 2.53. The van der Waals surface area contributed by atoms with Crippen molar-refractivity contribution in [1.82, 2.24) is 14.8 Å². The molecular weight excluding hydrogens is 264 g/mol. The van der Waals surface area contributed by atoms with Crippen molar-refractivity contribution in [3.8, 4) is 0 Å². The lowest BCUT2D eigenvalue weighted by molar-refractivity contribution is 0.234. The summed E-state index contributed by atoms with van der Waals surface area (Å²) in [7, 11) is -4.52. The highest BCUT2D eigenvalue weighted by molar-refractivity contribution is 7.91. The number of alkyl halides is 2. The minimum Gasteiger partial charge on any atom is -0.249 e. The molecule has 0 aliphatic carbocycles. The van der Waals surface area contributed by atoms with Gasteiger partial charge in [0.05, 0.1) is 11.4 Å². The Balaban J connectivity index is 2.21. The smallest absolute Gasteiger partial charge is 0.249 e. The molecule has 0 N–H and O–H groups in total. The van der Waals surface area contributed by atoms with E-state index in [4.69, 9.17) is 0 Å². The highest BCUT2D eigenvalue weighted by Crippen LogP contribution is 2.18. The normalized spacial score (nSPS) is 11.9. The van der Waals surface area contributed by atoms with Gasteiger partial charge in [0.2, 0.25) is 9.84 Å². The SMILES string of the molecule is O=S(=O)(c1ccc(Cn2cncn2)cc1)C(F)F. The summed E-state index contributed by atoms with van der Waals surface area (Å²) in [4.78, 5) is 3.37. The Hall–Kier alpha value is -1.83. The maximum atomic E-state index is 12.3. The van der Waals surface area contributed by atoms with Crippen molar-refractivity contribution < 1.29 is 17.2 Å². The van der Waals surface area contributed by atoms with Crippen LogP contribution in [0.3, 0.4) is 0 Å². The number of halogens is 2. The predicted molar refractivity (Wildman–Crippen MR) is 58.8 cm³/mol. The van der Waals surface area contributed by atoms with E-state index in [0.717, 1.165) is 17.7 Å². The van der Waals surface area contributed by atoms with Crippen LogP contribution in [-0.2, 0) is 16.4 Å². The van der Waals surface area contributed by atoms with E-state index >= 15 is 0 Å². The lowest BCUT2D eigenvalue weighted by atomic mass is 10.2. The van der Waals surface area contributed by atoms with Crippen molar-refractivity contribution in [1.29, 1.82) is 0 Å². The molecule has 1 aromatic heterocycles. The lowest BCUT2D eigenvalue weighted by Gasteiger charge is -2.05. The van der Waals surface area contributed by atoms with Crippen molar-refractivity contribution in [3.05, 3.63) is 42.5 Å². The summed E-state index contributed by atoms with van der Waals surface area (Å²) in [5.74, 6) is -3.40. The van der Waals surface area contributed by atoms with Gasteiger partial charge in [-0.15, -0.1) is 0 Å². The van der Waals surface area contributed by atoms with Gasteiger partial charge in [0.15, 0.2) is 0 Å². The molecule has 18 heavy (non-hydrogen) atoms. The van der Waals surface area contributed by atoms with E-state index in [1.54, 1.807) is 0 Å².